The second-order valence-corrected chi connectivity index (χ2v) is 5.72. The maximum atomic E-state index is 12.4. The Morgan fingerprint density at radius 2 is 2.00 bits per heavy atom. The zero-order valence-electron chi connectivity index (χ0n) is 13.0. The van der Waals surface area contributed by atoms with Crippen LogP contribution in [0.1, 0.15) is 24.5 Å². The molecule has 0 aliphatic rings. The molecule has 0 radical (unpaired) electrons. The fraction of sp³-hybridized carbons (Fsp3) is 0.278. The van der Waals surface area contributed by atoms with E-state index in [0.29, 0.717) is 17.2 Å². The Hall–Kier alpha value is -2.00. The molecule has 1 unspecified atom stereocenters. The van der Waals surface area contributed by atoms with Crippen LogP contribution in [0.3, 0.4) is 0 Å². The first-order valence-corrected chi connectivity index (χ1v) is 7.67. The Labute approximate surface area is 136 Å². The zero-order valence-corrected chi connectivity index (χ0v) is 13.8. The molecule has 0 fully saturated rings. The number of hydrogen-bond donors (Lipinski definition) is 1. The van der Waals surface area contributed by atoms with Crippen LogP contribution < -0.4 is 10.1 Å². The monoisotopic (exact) mass is 317 g/mol. The van der Waals surface area contributed by atoms with E-state index < -0.39 is 6.10 Å². The number of ether oxygens (including phenoxy) is 1. The van der Waals surface area contributed by atoms with Gasteiger partial charge in [0, 0.05) is 10.7 Å². The number of halogens is 1. The van der Waals surface area contributed by atoms with Crippen molar-refractivity contribution in [1.29, 1.82) is 0 Å². The highest BCUT2D eigenvalue weighted by Gasteiger charge is 2.19. The molecule has 0 spiro atoms. The van der Waals surface area contributed by atoms with Crippen LogP contribution >= 0.6 is 11.6 Å². The molecule has 0 saturated heterocycles. The third-order valence-electron chi connectivity index (χ3n) is 3.38. The standard InChI is InChI=1S/C18H20ClNO2/c1-4-17(22-15-7-5-6-14(19)11-15)18(21)20-16-9-8-12(2)10-13(16)3/h5-11,17H,4H2,1-3H3,(H,20,21). The molecule has 0 saturated carbocycles. The van der Waals surface area contributed by atoms with Crippen molar-refractivity contribution >= 4 is 23.2 Å². The van der Waals surface area contributed by atoms with Gasteiger partial charge in [-0.15, -0.1) is 0 Å². The van der Waals surface area contributed by atoms with Gasteiger partial charge in [-0.2, -0.15) is 0 Å². The van der Waals surface area contributed by atoms with Gasteiger partial charge < -0.3 is 10.1 Å². The van der Waals surface area contributed by atoms with Crippen molar-refractivity contribution in [3.8, 4) is 5.75 Å². The average Bonchev–Trinajstić information content (AvgIpc) is 2.47. The minimum atomic E-state index is -0.556. The summed E-state index contributed by atoms with van der Waals surface area (Å²) in [5.74, 6) is 0.435. The zero-order chi connectivity index (χ0) is 16.1. The first kappa shape index (κ1) is 16.4. The van der Waals surface area contributed by atoms with Gasteiger partial charge in [0.05, 0.1) is 0 Å². The molecule has 116 valence electrons. The van der Waals surface area contributed by atoms with Crippen molar-refractivity contribution in [3.05, 3.63) is 58.6 Å². The lowest BCUT2D eigenvalue weighted by Gasteiger charge is -2.18. The maximum Gasteiger partial charge on any atom is 0.265 e. The van der Waals surface area contributed by atoms with Crippen molar-refractivity contribution in [3.63, 3.8) is 0 Å². The first-order valence-electron chi connectivity index (χ1n) is 7.30. The summed E-state index contributed by atoms with van der Waals surface area (Å²) >= 11 is 5.94. The Morgan fingerprint density at radius 3 is 2.64 bits per heavy atom. The molecule has 1 atom stereocenters. The number of aryl methyl sites for hydroxylation is 2. The quantitative estimate of drug-likeness (QED) is 0.864. The molecule has 0 aliphatic heterocycles. The Bertz CT molecular complexity index is 670. The van der Waals surface area contributed by atoms with Crippen LogP contribution in [0.5, 0.6) is 5.75 Å². The van der Waals surface area contributed by atoms with Crippen LogP contribution in [0.25, 0.3) is 0 Å². The summed E-state index contributed by atoms with van der Waals surface area (Å²) in [5.41, 5.74) is 3.01. The van der Waals surface area contributed by atoms with Gasteiger partial charge in [-0.25, -0.2) is 0 Å². The molecule has 1 N–H and O–H groups in total. The van der Waals surface area contributed by atoms with Gasteiger partial charge in [-0.3, -0.25) is 4.79 Å². The van der Waals surface area contributed by atoms with E-state index in [-0.39, 0.29) is 5.91 Å². The number of hydrogen-bond acceptors (Lipinski definition) is 2. The highest BCUT2D eigenvalue weighted by molar-refractivity contribution is 6.30. The number of carbonyl (C=O) groups excluding carboxylic acids is 1. The summed E-state index contributed by atoms with van der Waals surface area (Å²) in [7, 11) is 0. The molecule has 2 rings (SSSR count). The van der Waals surface area contributed by atoms with Gasteiger partial charge in [0.25, 0.3) is 5.91 Å². The minimum Gasteiger partial charge on any atom is -0.481 e. The number of anilines is 1. The first-order chi connectivity index (χ1) is 10.5. The molecular weight excluding hydrogens is 298 g/mol. The van der Waals surface area contributed by atoms with Crippen LogP contribution in [0, 0.1) is 13.8 Å². The van der Waals surface area contributed by atoms with E-state index in [4.69, 9.17) is 16.3 Å². The van der Waals surface area contributed by atoms with Gasteiger partial charge in [-0.1, -0.05) is 42.3 Å². The molecule has 4 heteroatoms. The lowest BCUT2D eigenvalue weighted by Crippen LogP contribution is -2.32. The lowest BCUT2D eigenvalue weighted by molar-refractivity contribution is -0.122. The molecular formula is C18H20ClNO2. The second kappa shape index (κ2) is 7.32. The van der Waals surface area contributed by atoms with Crippen LogP contribution in [0.15, 0.2) is 42.5 Å². The number of rotatable bonds is 5. The van der Waals surface area contributed by atoms with E-state index in [1.54, 1.807) is 24.3 Å². The third-order valence-corrected chi connectivity index (χ3v) is 3.61. The van der Waals surface area contributed by atoms with E-state index in [9.17, 15) is 4.79 Å². The summed E-state index contributed by atoms with van der Waals surface area (Å²) in [6.45, 7) is 5.91. The van der Waals surface area contributed by atoms with Crippen molar-refractivity contribution in [2.24, 2.45) is 0 Å². The summed E-state index contributed by atoms with van der Waals surface area (Å²) in [4.78, 5) is 12.4. The molecule has 0 heterocycles. The van der Waals surface area contributed by atoms with E-state index in [1.165, 1.54) is 0 Å². The van der Waals surface area contributed by atoms with Crippen molar-refractivity contribution in [1.82, 2.24) is 0 Å². The lowest BCUT2D eigenvalue weighted by atomic mass is 10.1. The topological polar surface area (TPSA) is 38.3 Å². The summed E-state index contributed by atoms with van der Waals surface area (Å²) < 4.78 is 5.75. The van der Waals surface area contributed by atoms with Gasteiger partial charge in [0.2, 0.25) is 0 Å². The Morgan fingerprint density at radius 1 is 1.23 bits per heavy atom. The van der Waals surface area contributed by atoms with Crippen LogP contribution in [-0.4, -0.2) is 12.0 Å². The van der Waals surface area contributed by atoms with Gasteiger partial charge in [-0.05, 0) is 50.1 Å². The number of carbonyl (C=O) groups is 1. The van der Waals surface area contributed by atoms with Gasteiger partial charge in [0.15, 0.2) is 6.10 Å². The SMILES string of the molecule is CCC(Oc1cccc(Cl)c1)C(=O)Nc1ccc(C)cc1C. The molecule has 0 aromatic heterocycles. The third kappa shape index (κ3) is 4.25. The normalized spacial score (nSPS) is 11.8. The minimum absolute atomic E-state index is 0.158. The van der Waals surface area contributed by atoms with E-state index in [2.05, 4.69) is 5.32 Å². The Balaban J connectivity index is 2.08. The molecule has 2 aromatic carbocycles. The number of benzene rings is 2. The fourth-order valence-electron chi connectivity index (χ4n) is 2.19. The Kier molecular flexibility index (Phi) is 5.45. The molecule has 1 amide bonds. The predicted octanol–water partition coefficient (Wildman–Crippen LogP) is 4.75. The molecule has 0 bridgehead atoms. The van der Waals surface area contributed by atoms with E-state index >= 15 is 0 Å². The van der Waals surface area contributed by atoms with E-state index in [0.717, 1.165) is 16.8 Å². The van der Waals surface area contributed by atoms with Crippen LogP contribution in [-0.2, 0) is 4.79 Å². The van der Waals surface area contributed by atoms with Gasteiger partial charge >= 0.3 is 0 Å². The summed E-state index contributed by atoms with van der Waals surface area (Å²) in [6, 6.07) is 13.0. The number of amides is 1. The molecule has 22 heavy (non-hydrogen) atoms. The largest absolute Gasteiger partial charge is 0.481 e. The van der Waals surface area contributed by atoms with Crippen molar-refractivity contribution < 1.29 is 9.53 Å². The fourth-order valence-corrected chi connectivity index (χ4v) is 2.37. The predicted molar refractivity (Wildman–Crippen MR) is 90.7 cm³/mol. The molecule has 0 aliphatic carbocycles. The second-order valence-electron chi connectivity index (χ2n) is 5.28. The van der Waals surface area contributed by atoms with E-state index in [1.807, 2.05) is 39.0 Å². The highest BCUT2D eigenvalue weighted by atomic mass is 35.5. The number of nitrogens with one attached hydrogen (secondary N) is 1. The van der Waals surface area contributed by atoms with Crippen molar-refractivity contribution in [2.45, 2.75) is 33.3 Å². The van der Waals surface area contributed by atoms with Crippen LogP contribution in [0.4, 0.5) is 5.69 Å². The highest BCUT2D eigenvalue weighted by Crippen LogP contribution is 2.21. The van der Waals surface area contributed by atoms with Crippen LogP contribution in [0.2, 0.25) is 5.02 Å². The van der Waals surface area contributed by atoms with Gasteiger partial charge in [0.1, 0.15) is 5.75 Å². The molecule has 3 nitrogen and oxygen atoms in total. The van der Waals surface area contributed by atoms with Crippen molar-refractivity contribution in [2.75, 3.05) is 5.32 Å². The summed E-state index contributed by atoms with van der Waals surface area (Å²) in [5, 5.41) is 3.51. The average molecular weight is 318 g/mol. The smallest absolute Gasteiger partial charge is 0.265 e. The maximum absolute atomic E-state index is 12.4. The molecule has 2 aromatic rings. The summed E-state index contributed by atoms with van der Waals surface area (Å²) in [6.07, 6.45) is 0.0163.